The number of para-hydroxylation sites is 2. The highest BCUT2D eigenvalue weighted by Gasteiger charge is 2.12. The number of hydrogen-bond donors (Lipinski definition) is 0. The average molecular weight is 387 g/mol. The van der Waals surface area contributed by atoms with Gasteiger partial charge in [0.1, 0.15) is 17.2 Å². The van der Waals surface area contributed by atoms with E-state index in [2.05, 4.69) is 15.5 Å². The van der Waals surface area contributed by atoms with Crippen molar-refractivity contribution in [3.8, 4) is 17.2 Å². The quantitative estimate of drug-likeness (QED) is 0.239. The van der Waals surface area contributed by atoms with E-state index in [4.69, 9.17) is 9.47 Å². The molecule has 2 aromatic carbocycles. The van der Waals surface area contributed by atoms with Gasteiger partial charge in [0.2, 0.25) is 5.16 Å². The number of nitro benzene ring substituents is 1. The summed E-state index contributed by atoms with van der Waals surface area (Å²) in [6.07, 6.45) is 0.764. The van der Waals surface area contributed by atoms with Crippen molar-refractivity contribution in [3.63, 3.8) is 0 Å². The largest absolute Gasteiger partial charge is 0.494 e. The second-order valence-electron chi connectivity index (χ2n) is 5.35. The standard InChI is InChI=1S/C17H17N5O4S/c1-25-16-6-3-2-5-15(16)21-17(18-19-20-21)27-12-4-11-26-14-9-7-13(8-10-14)22(23)24/h2-3,5-10H,4,11-12H2,1H3. The molecule has 0 atom stereocenters. The lowest BCUT2D eigenvalue weighted by Gasteiger charge is -2.09. The fourth-order valence-electron chi connectivity index (χ4n) is 2.30. The second-order valence-corrected chi connectivity index (χ2v) is 6.41. The minimum Gasteiger partial charge on any atom is -0.494 e. The Morgan fingerprint density at radius 1 is 1.19 bits per heavy atom. The molecule has 0 saturated heterocycles. The van der Waals surface area contributed by atoms with Gasteiger partial charge in [-0.15, -0.1) is 5.10 Å². The van der Waals surface area contributed by atoms with Gasteiger partial charge in [-0.05, 0) is 41.1 Å². The molecule has 3 rings (SSSR count). The lowest BCUT2D eigenvalue weighted by Crippen LogP contribution is -2.03. The number of aromatic nitrogens is 4. The monoisotopic (exact) mass is 387 g/mol. The van der Waals surface area contributed by atoms with Gasteiger partial charge in [0.15, 0.2) is 0 Å². The Labute approximate surface area is 159 Å². The van der Waals surface area contributed by atoms with Crippen molar-refractivity contribution >= 4 is 17.4 Å². The van der Waals surface area contributed by atoms with Gasteiger partial charge < -0.3 is 9.47 Å². The van der Waals surface area contributed by atoms with Gasteiger partial charge in [0.05, 0.1) is 18.6 Å². The topological polar surface area (TPSA) is 105 Å². The third-order valence-corrected chi connectivity index (χ3v) is 4.60. The highest BCUT2D eigenvalue weighted by atomic mass is 32.2. The van der Waals surface area contributed by atoms with Crippen LogP contribution in [0, 0.1) is 10.1 Å². The third-order valence-electron chi connectivity index (χ3n) is 3.59. The SMILES string of the molecule is COc1ccccc1-n1nnnc1SCCCOc1ccc([N+](=O)[O-])cc1. The molecule has 0 spiro atoms. The third kappa shape index (κ3) is 4.73. The van der Waals surface area contributed by atoms with Crippen LogP contribution >= 0.6 is 11.8 Å². The smallest absolute Gasteiger partial charge is 0.269 e. The maximum Gasteiger partial charge on any atom is 0.269 e. The van der Waals surface area contributed by atoms with Crippen LogP contribution in [0.3, 0.4) is 0 Å². The maximum atomic E-state index is 10.6. The summed E-state index contributed by atoms with van der Waals surface area (Å²) in [6, 6.07) is 13.5. The summed E-state index contributed by atoms with van der Waals surface area (Å²) < 4.78 is 12.6. The van der Waals surface area contributed by atoms with Crippen LogP contribution in [0.2, 0.25) is 0 Å². The normalized spacial score (nSPS) is 10.6. The first-order valence-electron chi connectivity index (χ1n) is 8.11. The molecule has 140 valence electrons. The van der Waals surface area contributed by atoms with E-state index in [0.29, 0.717) is 23.3 Å². The van der Waals surface area contributed by atoms with Crippen molar-refractivity contribution in [1.29, 1.82) is 0 Å². The number of tetrazole rings is 1. The number of hydrogen-bond acceptors (Lipinski definition) is 8. The van der Waals surface area contributed by atoms with Crippen molar-refractivity contribution in [3.05, 3.63) is 58.6 Å². The molecule has 0 fully saturated rings. The van der Waals surface area contributed by atoms with Crippen molar-refractivity contribution in [1.82, 2.24) is 20.2 Å². The summed E-state index contributed by atoms with van der Waals surface area (Å²) in [6.45, 7) is 0.487. The molecule has 0 bridgehead atoms. The number of nitro groups is 1. The van der Waals surface area contributed by atoms with Crippen molar-refractivity contribution in [2.75, 3.05) is 19.5 Å². The minimum atomic E-state index is -0.438. The molecule has 3 aromatic rings. The summed E-state index contributed by atoms with van der Waals surface area (Å²) in [5.74, 6) is 2.04. The van der Waals surface area contributed by atoms with Gasteiger partial charge in [-0.1, -0.05) is 23.9 Å². The van der Waals surface area contributed by atoms with E-state index in [1.54, 1.807) is 23.9 Å². The van der Waals surface area contributed by atoms with Gasteiger partial charge in [-0.25, -0.2) is 0 Å². The van der Waals surface area contributed by atoms with E-state index in [9.17, 15) is 10.1 Å². The van der Waals surface area contributed by atoms with Crippen LogP contribution in [0.1, 0.15) is 6.42 Å². The van der Waals surface area contributed by atoms with Gasteiger partial charge in [0, 0.05) is 17.9 Å². The number of thioether (sulfide) groups is 1. The molecule has 10 heteroatoms. The molecule has 0 radical (unpaired) electrons. The van der Waals surface area contributed by atoms with Crippen LogP contribution in [0.15, 0.2) is 53.7 Å². The van der Waals surface area contributed by atoms with Gasteiger partial charge in [-0.3, -0.25) is 10.1 Å². The number of methoxy groups -OCH3 is 1. The van der Waals surface area contributed by atoms with E-state index in [1.807, 2.05) is 24.3 Å². The first-order valence-corrected chi connectivity index (χ1v) is 9.09. The zero-order valence-corrected chi connectivity index (χ0v) is 15.3. The molecule has 0 aliphatic rings. The van der Waals surface area contributed by atoms with Crippen molar-refractivity contribution in [2.24, 2.45) is 0 Å². The molecule has 27 heavy (non-hydrogen) atoms. The van der Waals surface area contributed by atoms with Crippen LogP contribution in [0.5, 0.6) is 11.5 Å². The van der Waals surface area contributed by atoms with Crippen LogP contribution < -0.4 is 9.47 Å². The van der Waals surface area contributed by atoms with Crippen molar-refractivity contribution in [2.45, 2.75) is 11.6 Å². The van der Waals surface area contributed by atoms with Crippen LogP contribution in [0.25, 0.3) is 5.69 Å². The van der Waals surface area contributed by atoms with Gasteiger partial charge >= 0.3 is 0 Å². The molecule has 0 unspecified atom stereocenters. The van der Waals surface area contributed by atoms with Gasteiger partial charge in [0.25, 0.3) is 5.69 Å². The Balaban J connectivity index is 1.50. The fourth-order valence-corrected chi connectivity index (χ4v) is 3.10. The molecule has 0 amide bonds. The Morgan fingerprint density at radius 3 is 2.70 bits per heavy atom. The predicted octanol–water partition coefficient (Wildman–Crippen LogP) is 3.14. The Bertz CT molecular complexity index is 900. The zero-order chi connectivity index (χ0) is 19.1. The predicted molar refractivity (Wildman–Crippen MR) is 99.6 cm³/mol. The summed E-state index contributed by atoms with van der Waals surface area (Å²) in [7, 11) is 1.60. The molecule has 0 N–H and O–H groups in total. The van der Waals surface area contributed by atoms with E-state index < -0.39 is 4.92 Å². The molecule has 0 aliphatic heterocycles. The summed E-state index contributed by atoms with van der Waals surface area (Å²) >= 11 is 1.51. The van der Waals surface area contributed by atoms with E-state index in [1.165, 1.54) is 23.9 Å². The number of ether oxygens (including phenoxy) is 2. The summed E-state index contributed by atoms with van der Waals surface area (Å²) in [5.41, 5.74) is 0.815. The second kappa shape index (κ2) is 8.99. The van der Waals surface area contributed by atoms with Crippen LogP contribution in [-0.2, 0) is 0 Å². The number of nitrogens with zero attached hydrogens (tertiary/aromatic N) is 5. The summed E-state index contributed by atoms with van der Waals surface area (Å²) in [4.78, 5) is 10.2. The van der Waals surface area contributed by atoms with Gasteiger partial charge in [-0.2, -0.15) is 4.68 Å². The first-order chi connectivity index (χ1) is 13.2. The minimum absolute atomic E-state index is 0.0427. The lowest BCUT2D eigenvalue weighted by molar-refractivity contribution is -0.384. The first kappa shape index (κ1) is 18.6. The molecule has 0 saturated carbocycles. The van der Waals surface area contributed by atoms with E-state index in [0.717, 1.165) is 17.9 Å². The fraction of sp³-hybridized carbons (Fsp3) is 0.235. The Morgan fingerprint density at radius 2 is 1.96 bits per heavy atom. The molecule has 0 aliphatic carbocycles. The Hall–Kier alpha value is -3.14. The average Bonchev–Trinajstić information content (AvgIpc) is 3.16. The molecule has 9 nitrogen and oxygen atoms in total. The number of non-ortho nitro benzene ring substituents is 1. The number of benzene rings is 2. The highest BCUT2D eigenvalue weighted by Crippen LogP contribution is 2.26. The van der Waals surface area contributed by atoms with Crippen LogP contribution in [-0.4, -0.2) is 44.6 Å². The molecule has 1 aromatic heterocycles. The molecule has 1 heterocycles. The van der Waals surface area contributed by atoms with Crippen molar-refractivity contribution < 1.29 is 14.4 Å². The summed E-state index contributed by atoms with van der Waals surface area (Å²) in [5, 5.41) is 23.1. The lowest BCUT2D eigenvalue weighted by atomic mass is 10.3. The molecular weight excluding hydrogens is 370 g/mol. The highest BCUT2D eigenvalue weighted by molar-refractivity contribution is 7.99. The van der Waals surface area contributed by atoms with E-state index >= 15 is 0 Å². The van der Waals surface area contributed by atoms with Crippen LogP contribution in [0.4, 0.5) is 5.69 Å². The maximum absolute atomic E-state index is 10.6. The van der Waals surface area contributed by atoms with E-state index in [-0.39, 0.29) is 5.69 Å². The molecular formula is C17H17N5O4S. The number of rotatable bonds is 9. The zero-order valence-electron chi connectivity index (χ0n) is 14.5. The Kier molecular flexibility index (Phi) is 6.21.